The first kappa shape index (κ1) is 18.1. The molecule has 2 heterocycles. The van der Waals surface area contributed by atoms with Crippen molar-refractivity contribution in [2.24, 2.45) is 0 Å². The molecule has 0 aliphatic carbocycles. The number of methoxy groups -OCH3 is 1. The zero-order chi connectivity index (χ0) is 19.7. The van der Waals surface area contributed by atoms with Crippen LogP contribution in [0.1, 0.15) is 29.0 Å². The maximum Gasteiger partial charge on any atom is 0.268 e. The number of aromatic amines is 1. The SMILES string of the molecule is COc1cccc(-n2cc(C(C)NC(=O)c3cc4cc(Cl)ccc4[nH]3)cn2)c1. The minimum Gasteiger partial charge on any atom is -0.497 e. The van der Waals surface area contributed by atoms with E-state index in [1.165, 1.54) is 0 Å². The van der Waals surface area contributed by atoms with Crippen LogP contribution in [0, 0.1) is 0 Å². The molecule has 6 nitrogen and oxygen atoms in total. The highest BCUT2D eigenvalue weighted by Crippen LogP contribution is 2.21. The van der Waals surface area contributed by atoms with E-state index in [1.807, 2.05) is 49.5 Å². The molecule has 142 valence electrons. The summed E-state index contributed by atoms with van der Waals surface area (Å²) in [6.45, 7) is 1.92. The summed E-state index contributed by atoms with van der Waals surface area (Å²) in [6.07, 6.45) is 3.64. The number of amides is 1. The molecular weight excluding hydrogens is 376 g/mol. The van der Waals surface area contributed by atoms with Gasteiger partial charge in [0.1, 0.15) is 11.4 Å². The molecule has 1 atom stereocenters. The molecule has 7 heteroatoms. The van der Waals surface area contributed by atoms with Crippen molar-refractivity contribution in [3.05, 3.63) is 77.2 Å². The van der Waals surface area contributed by atoms with Gasteiger partial charge in [-0.05, 0) is 43.3 Å². The quantitative estimate of drug-likeness (QED) is 0.523. The van der Waals surface area contributed by atoms with E-state index in [0.29, 0.717) is 10.7 Å². The lowest BCUT2D eigenvalue weighted by Gasteiger charge is -2.11. The third-order valence-electron chi connectivity index (χ3n) is 4.60. The monoisotopic (exact) mass is 394 g/mol. The van der Waals surface area contributed by atoms with Gasteiger partial charge in [-0.1, -0.05) is 17.7 Å². The molecule has 1 unspecified atom stereocenters. The first-order valence-electron chi connectivity index (χ1n) is 8.81. The van der Waals surface area contributed by atoms with Gasteiger partial charge in [0.05, 0.1) is 25.0 Å². The van der Waals surface area contributed by atoms with Crippen LogP contribution in [0.25, 0.3) is 16.6 Å². The predicted octanol–water partition coefficient (Wildman–Crippen LogP) is 4.51. The van der Waals surface area contributed by atoms with Crippen molar-refractivity contribution in [2.75, 3.05) is 7.11 Å². The Morgan fingerprint density at radius 2 is 2.11 bits per heavy atom. The zero-order valence-electron chi connectivity index (χ0n) is 15.4. The van der Waals surface area contributed by atoms with Crippen LogP contribution < -0.4 is 10.1 Å². The second-order valence-electron chi connectivity index (χ2n) is 6.53. The van der Waals surface area contributed by atoms with E-state index in [4.69, 9.17) is 16.3 Å². The van der Waals surface area contributed by atoms with Crippen LogP contribution in [0.5, 0.6) is 5.75 Å². The number of H-pyrrole nitrogens is 1. The number of hydrogen-bond donors (Lipinski definition) is 2. The molecule has 0 aliphatic rings. The fourth-order valence-corrected chi connectivity index (χ4v) is 3.22. The maximum absolute atomic E-state index is 12.6. The molecular formula is C21H19ClN4O2. The average Bonchev–Trinajstić information content (AvgIpc) is 3.35. The summed E-state index contributed by atoms with van der Waals surface area (Å²) in [5, 5.41) is 8.92. The number of hydrogen-bond acceptors (Lipinski definition) is 3. The first-order valence-corrected chi connectivity index (χ1v) is 9.19. The summed E-state index contributed by atoms with van der Waals surface area (Å²) in [5.74, 6) is 0.573. The van der Waals surface area contributed by atoms with E-state index >= 15 is 0 Å². The Morgan fingerprint density at radius 3 is 2.93 bits per heavy atom. The summed E-state index contributed by atoms with van der Waals surface area (Å²) in [7, 11) is 1.63. The van der Waals surface area contributed by atoms with Gasteiger partial charge in [0.15, 0.2) is 0 Å². The van der Waals surface area contributed by atoms with Crippen molar-refractivity contribution in [1.82, 2.24) is 20.1 Å². The highest BCUT2D eigenvalue weighted by molar-refractivity contribution is 6.31. The summed E-state index contributed by atoms with van der Waals surface area (Å²) in [5.41, 5.74) is 3.14. The van der Waals surface area contributed by atoms with Crippen LogP contribution in [0.15, 0.2) is 60.9 Å². The summed E-state index contributed by atoms with van der Waals surface area (Å²) < 4.78 is 7.01. The van der Waals surface area contributed by atoms with Gasteiger partial charge < -0.3 is 15.0 Å². The van der Waals surface area contributed by atoms with Crippen LogP contribution >= 0.6 is 11.6 Å². The lowest BCUT2D eigenvalue weighted by molar-refractivity contribution is 0.0935. The van der Waals surface area contributed by atoms with Crippen molar-refractivity contribution in [3.8, 4) is 11.4 Å². The number of rotatable bonds is 5. The van der Waals surface area contributed by atoms with Crippen molar-refractivity contribution in [2.45, 2.75) is 13.0 Å². The molecule has 0 saturated heterocycles. The van der Waals surface area contributed by atoms with Gasteiger partial charge in [0, 0.05) is 33.8 Å². The molecule has 0 bridgehead atoms. The van der Waals surface area contributed by atoms with Crippen LogP contribution in [0.3, 0.4) is 0 Å². The topological polar surface area (TPSA) is 71.9 Å². The van der Waals surface area contributed by atoms with Crippen LogP contribution in [0.2, 0.25) is 5.02 Å². The fraction of sp³-hybridized carbons (Fsp3) is 0.143. The van der Waals surface area contributed by atoms with Crippen LogP contribution in [-0.2, 0) is 0 Å². The molecule has 0 spiro atoms. The Labute approximate surface area is 167 Å². The molecule has 2 aromatic carbocycles. The molecule has 0 radical (unpaired) electrons. The third kappa shape index (κ3) is 3.59. The normalized spacial score (nSPS) is 12.1. The standard InChI is InChI=1S/C21H19ClN4O2/c1-13(15-11-23-26(12-15)17-4-3-5-18(10-17)28-2)24-21(27)20-9-14-8-16(22)6-7-19(14)25-20/h3-13,25H,1-2H3,(H,24,27). The Bertz CT molecular complexity index is 1150. The number of ether oxygens (including phenoxy) is 1. The van der Waals surface area contributed by atoms with Crippen molar-refractivity contribution >= 4 is 28.4 Å². The van der Waals surface area contributed by atoms with E-state index in [0.717, 1.165) is 27.9 Å². The molecule has 0 saturated carbocycles. The number of halogens is 1. The van der Waals surface area contributed by atoms with Gasteiger partial charge in [0.2, 0.25) is 0 Å². The predicted molar refractivity (Wildman–Crippen MR) is 109 cm³/mol. The number of benzene rings is 2. The highest BCUT2D eigenvalue weighted by atomic mass is 35.5. The van der Waals surface area contributed by atoms with Gasteiger partial charge in [-0.25, -0.2) is 4.68 Å². The number of fused-ring (bicyclic) bond motifs is 1. The Morgan fingerprint density at radius 1 is 1.25 bits per heavy atom. The van der Waals surface area contributed by atoms with Crippen LogP contribution in [-0.4, -0.2) is 27.8 Å². The Kier molecular flexibility index (Phi) is 4.79. The van der Waals surface area contributed by atoms with Gasteiger partial charge >= 0.3 is 0 Å². The molecule has 4 rings (SSSR count). The Balaban J connectivity index is 1.50. The maximum atomic E-state index is 12.6. The van der Waals surface area contributed by atoms with E-state index < -0.39 is 0 Å². The van der Waals surface area contributed by atoms with Crippen molar-refractivity contribution in [3.63, 3.8) is 0 Å². The number of aromatic nitrogens is 3. The number of carbonyl (C=O) groups excluding carboxylic acids is 1. The minimum atomic E-state index is -0.207. The van der Waals surface area contributed by atoms with E-state index in [1.54, 1.807) is 30.1 Å². The van der Waals surface area contributed by atoms with Crippen LogP contribution in [0.4, 0.5) is 0 Å². The van der Waals surface area contributed by atoms with Gasteiger partial charge in [-0.15, -0.1) is 0 Å². The number of carbonyl (C=O) groups is 1. The second-order valence-corrected chi connectivity index (χ2v) is 6.97. The van der Waals surface area contributed by atoms with E-state index in [9.17, 15) is 4.79 Å². The zero-order valence-corrected chi connectivity index (χ0v) is 16.2. The first-order chi connectivity index (χ1) is 13.5. The Hall–Kier alpha value is -3.25. The molecule has 28 heavy (non-hydrogen) atoms. The van der Waals surface area contributed by atoms with E-state index in [-0.39, 0.29) is 11.9 Å². The fourth-order valence-electron chi connectivity index (χ4n) is 3.04. The molecule has 0 aliphatic heterocycles. The minimum absolute atomic E-state index is 0.186. The summed E-state index contributed by atoms with van der Waals surface area (Å²) in [6, 6.07) is 14.7. The van der Waals surface area contributed by atoms with E-state index in [2.05, 4.69) is 15.4 Å². The summed E-state index contributed by atoms with van der Waals surface area (Å²) >= 11 is 6.01. The molecule has 2 N–H and O–H groups in total. The van der Waals surface area contributed by atoms with Crippen molar-refractivity contribution < 1.29 is 9.53 Å². The molecule has 1 amide bonds. The van der Waals surface area contributed by atoms with Gasteiger partial charge in [-0.3, -0.25) is 4.79 Å². The van der Waals surface area contributed by atoms with Crippen molar-refractivity contribution in [1.29, 1.82) is 0 Å². The third-order valence-corrected chi connectivity index (χ3v) is 4.83. The molecule has 0 fully saturated rings. The largest absolute Gasteiger partial charge is 0.497 e. The lowest BCUT2D eigenvalue weighted by Crippen LogP contribution is -2.26. The van der Waals surface area contributed by atoms with Gasteiger partial charge in [-0.2, -0.15) is 5.10 Å². The molecule has 2 aromatic heterocycles. The second kappa shape index (κ2) is 7.40. The number of nitrogens with zero attached hydrogens (tertiary/aromatic N) is 2. The highest BCUT2D eigenvalue weighted by Gasteiger charge is 2.15. The average molecular weight is 395 g/mol. The lowest BCUT2D eigenvalue weighted by atomic mass is 10.2. The summed E-state index contributed by atoms with van der Waals surface area (Å²) in [4.78, 5) is 15.7. The van der Waals surface area contributed by atoms with Gasteiger partial charge in [0.25, 0.3) is 5.91 Å². The molecule has 4 aromatic rings. The smallest absolute Gasteiger partial charge is 0.268 e. The number of nitrogens with one attached hydrogen (secondary N) is 2.